The minimum atomic E-state index is -0.251. The zero-order chi connectivity index (χ0) is 14.7. The summed E-state index contributed by atoms with van der Waals surface area (Å²) in [5, 5.41) is 0. The quantitative estimate of drug-likeness (QED) is 0.638. The Morgan fingerprint density at radius 3 is 2.21 bits per heavy atom. The molecule has 0 N–H and O–H groups in total. The van der Waals surface area contributed by atoms with Gasteiger partial charge in [-0.15, -0.1) is 11.7 Å². The summed E-state index contributed by atoms with van der Waals surface area (Å²) in [6, 6.07) is 0. The van der Waals surface area contributed by atoms with Crippen molar-refractivity contribution in [2.24, 2.45) is 5.92 Å². The van der Waals surface area contributed by atoms with Crippen molar-refractivity contribution in [1.29, 1.82) is 0 Å². The molecule has 0 aliphatic carbocycles. The smallest absolute Gasteiger partial charge is 0.248 e. The maximum atomic E-state index is 12.1. The predicted molar refractivity (Wildman–Crippen MR) is 85.7 cm³/mol. The third kappa shape index (κ3) is 5.56. The molecular weight excluding hydrogens is 278 g/mol. The zero-order valence-electron chi connectivity index (χ0n) is 12.7. The molecule has 1 fully saturated rings. The fourth-order valence-corrected chi connectivity index (χ4v) is 3.10. The van der Waals surface area contributed by atoms with Gasteiger partial charge in [0, 0.05) is 17.8 Å². The molecule has 3 nitrogen and oxygen atoms in total. The SMILES string of the molecule is CC(C)(C)OCC(=O)N1CCC(C(C)(C)SS)CC1. The van der Waals surface area contributed by atoms with Crippen molar-refractivity contribution >= 4 is 28.4 Å². The molecule has 0 aromatic carbocycles. The summed E-state index contributed by atoms with van der Waals surface area (Å²) in [6.45, 7) is 12.3. The van der Waals surface area contributed by atoms with Crippen LogP contribution in [0.4, 0.5) is 0 Å². The average molecular weight is 306 g/mol. The second kappa shape index (κ2) is 6.72. The van der Waals surface area contributed by atoms with Crippen LogP contribution < -0.4 is 0 Å². The molecule has 1 aliphatic heterocycles. The lowest BCUT2D eigenvalue weighted by Gasteiger charge is -2.39. The number of carbonyl (C=O) groups is 1. The molecule has 1 heterocycles. The van der Waals surface area contributed by atoms with E-state index in [0.717, 1.165) is 25.9 Å². The lowest BCUT2D eigenvalue weighted by atomic mass is 9.86. The van der Waals surface area contributed by atoms with Crippen LogP contribution in [0.25, 0.3) is 0 Å². The van der Waals surface area contributed by atoms with Crippen molar-refractivity contribution in [1.82, 2.24) is 4.90 Å². The Morgan fingerprint density at radius 1 is 1.26 bits per heavy atom. The lowest BCUT2D eigenvalue weighted by Crippen LogP contribution is -2.44. The highest BCUT2D eigenvalue weighted by atomic mass is 33.1. The summed E-state index contributed by atoms with van der Waals surface area (Å²) in [6.07, 6.45) is 2.11. The zero-order valence-corrected chi connectivity index (χ0v) is 14.4. The van der Waals surface area contributed by atoms with Crippen molar-refractivity contribution < 1.29 is 9.53 Å². The van der Waals surface area contributed by atoms with E-state index in [4.69, 9.17) is 4.74 Å². The van der Waals surface area contributed by atoms with Crippen molar-refractivity contribution in [3.63, 3.8) is 0 Å². The van der Waals surface area contributed by atoms with Gasteiger partial charge in [0.1, 0.15) is 6.61 Å². The van der Waals surface area contributed by atoms with E-state index in [0.29, 0.717) is 5.92 Å². The van der Waals surface area contributed by atoms with Crippen LogP contribution >= 0.6 is 22.5 Å². The van der Waals surface area contributed by atoms with Crippen molar-refractivity contribution in [2.45, 2.75) is 57.8 Å². The lowest BCUT2D eigenvalue weighted by molar-refractivity contribution is -0.142. The summed E-state index contributed by atoms with van der Waals surface area (Å²) in [5.74, 6) is 0.743. The van der Waals surface area contributed by atoms with Crippen LogP contribution in [0.5, 0.6) is 0 Å². The van der Waals surface area contributed by atoms with Crippen LogP contribution in [0, 0.1) is 5.92 Å². The summed E-state index contributed by atoms with van der Waals surface area (Å²) in [4.78, 5) is 14.0. The Labute approximate surface area is 126 Å². The van der Waals surface area contributed by atoms with Crippen LogP contribution in [0.2, 0.25) is 0 Å². The minimum absolute atomic E-state index is 0.115. The maximum Gasteiger partial charge on any atom is 0.248 e. The molecule has 1 amide bonds. The first-order valence-corrected chi connectivity index (χ1v) is 8.77. The molecule has 19 heavy (non-hydrogen) atoms. The Balaban J connectivity index is 2.39. The Kier molecular flexibility index (Phi) is 6.08. The van der Waals surface area contributed by atoms with Crippen molar-refractivity contribution in [3.8, 4) is 0 Å². The second-order valence-electron chi connectivity index (χ2n) is 6.75. The summed E-state index contributed by atoms with van der Waals surface area (Å²) >= 11 is 4.36. The topological polar surface area (TPSA) is 29.5 Å². The van der Waals surface area contributed by atoms with Gasteiger partial charge in [0.25, 0.3) is 0 Å². The highest BCUT2D eigenvalue weighted by Gasteiger charge is 2.33. The molecule has 0 atom stereocenters. The van der Waals surface area contributed by atoms with E-state index in [9.17, 15) is 4.79 Å². The number of hydrogen-bond acceptors (Lipinski definition) is 4. The molecule has 0 aromatic rings. The largest absolute Gasteiger partial charge is 0.366 e. The van der Waals surface area contributed by atoms with Gasteiger partial charge < -0.3 is 9.64 Å². The van der Waals surface area contributed by atoms with Gasteiger partial charge in [-0.05, 0) is 53.4 Å². The third-order valence-corrected chi connectivity index (χ3v) is 5.91. The number of rotatable bonds is 4. The number of carbonyl (C=O) groups excluding carboxylic acids is 1. The summed E-state index contributed by atoms with van der Waals surface area (Å²) in [7, 11) is 1.62. The van der Waals surface area contributed by atoms with Gasteiger partial charge in [-0.25, -0.2) is 0 Å². The standard InChI is InChI=1S/C14H27NO2S2/c1-13(2,3)17-10-12(16)15-8-6-11(7-9-15)14(4,5)19-18/h11,18H,6-10H2,1-5H3. The minimum Gasteiger partial charge on any atom is -0.366 e. The summed E-state index contributed by atoms with van der Waals surface area (Å²) < 4.78 is 5.73. The number of thiol groups is 1. The fourth-order valence-electron chi connectivity index (χ4n) is 2.27. The normalized spacial score (nSPS) is 18.7. The predicted octanol–water partition coefficient (Wildman–Crippen LogP) is 3.40. The number of hydrogen-bond donors (Lipinski definition) is 1. The van der Waals surface area contributed by atoms with Gasteiger partial charge in [0.05, 0.1) is 5.60 Å². The van der Waals surface area contributed by atoms with E-state index in [1.807, 2.05) is 25.7 Å². The molecule has 0 spiro atoms. The van der Waals surface area contributed by atoms with Gasteiger partial charge in [-0.2, -0.15) is 0 Å². The molecular formula is C14H27NO2S2. The Morgan fingerprint density at radius 2 is 1.79 bits per heavy atom. The van der Waals surface area contributed by atoms with E-state index in [-0.39, 0.29) is 22.9 Å². The summed E-state index contributed by atoms with van der Waals surface area (Å²) in [5.41, 5.74) is -0.251. The van der Waals surface area contributed by atoms with Crippen LogP contribution in [-0.2, 0) is 9.53 Å². The van der Waals surface area contributed by atoms with E-state index in [1.54, 1.807) is 10.8 Å². The van der Waals surface area contributed by atoms with Crippen molar-refractivity contribution in [2.75, 3.05) is 19.7 Å². The molecule has 0 bridgehead atoms. The molecule has 0 saturated carbocycles. The number of amides is 1. The molecule has 1 aliphatic rings. The number of ether oxygens (including phenoxy) is 1. The number of piperidine rings is 1. The van der Waals surface area contributed by atoms with E-state index in [2.05, 4.69) is 25.5 Å². The number of nitrogens with zero attached hydrogens (tertiary/aromatic N) is 1. The third-order valence-electron chi connectivity index (χ3n) is 3.69. The van der Waals surface area contributed by atoms with Crippen LogP contribution in [0.1, 0.15) is 47.5 Å². The van der Waals surface area contributed by atoms with Crippen molar-refractivity contribution in [3.05, 3.63) is 0 Å². The first-order valence-electron chi connectivity index (χ1n) is 6.90. The fraction of sp³-hybridized carbons (Fsp3) is 0.929. The monoisotopic (exact) mass is 305 g/mol. The van der Waals surface area contributed by atoms with E-state index >= 15 is 0 Å². The maximum absolute atomic E-state index is 12.1. The van der Waals surface area contributed by atoms with Gasteiger partial charge in [-0.1, -0.05) is 10.8 Å². The molecule has 0 unspecified atom stereocenters. The average Bonchev–Trinajstić information content (AvgIpc) is 2.35. The molecule has 0 aromatic heterocycles. The number of likely N-dealkylation sites (tertiary alicyclic amines) is 1. The second-order valence-corrected chi connectivity index (χ2v) is 8.53. The molecule has 0 radical (unpaired) electrons. The molecule has 5 heteroatoms. The highest BCUT2D eigenvalue weighted by Crippen LogP contribution is 2.40. The molecule has 112 valence electrons. The Hall–Kier alpha value is 0.130. The first kappa shape index (κ1) is 17.2. The van der Waals surface area contributed by atoms with Crippen LogP contribution in [0.15, 0.2) is 0 Å². The first-order chi connectivity index (χ1) is 8.65. The van der Waals surface area contributed by atoms with Gasteiger partial charge in [0.15, 0.2) is 0 Å². The Bertz CT molecular complexity index is 305. The van der Waals surface area contributed by atoms with Gasteiger partial charge in [0.2, 0.25) is 5.91 Å². The van der Waals surface area contributed by atoms with Crippen LogP contribution in [-0.4, -0.2) is 40.9 Å². The molecule has 1 rings (SSSR count). The van der Waals surface area contributed by atoms with Gasteiger partial charge >= 0.3 is 0 Å². The van der Waals surface area contributed by atoms with E-state index < -0.39 is 0 Å². The van der Waals surface area contributed by atoms with Gasteiger partial charge in [-0.3, -0.25) is 4.79 Å². The van der Waals surface area contributed by atoms with Crippen LogP contribution in [0.3, 0.4) is 0 Å². The van der Waals surface area contributed by atoms with E-state index in [1.165, 1.54) is 0 Å². The molecule has 1 saturated heterocycles. The highest BCUT2D eigenvalue weighted by molar-refractivity contribution is 8.69.